The SMILES string of the molecule is CC(=O)CN1CC(=O)N(Cc2ccccc2)CC1=O. The molecule has 1 aromatic carbocycles. The highest BCUT2D eigenvalue weighted by Crippen LogP contribution is 2.10. The number of carbonyl (C=O) groups is 3. The minimum Gasteiger partial charge on any atom is -0.328 e. The number of ketones is 1. The van der Waals surface area contributed by atoms with Gasteiger partial charge in [0.05, 0.1) is 6.54 Å². The second-order valence-corrected chi connectivity index (χ2v) is 4.69. The first-order valence-electron chi connectivity index (χ1n) is 6.15. The topological polar surface area (TPSA) is 57.7 Å². The normalized spacial score (nSPS) is 15.8. The van der Waals surface area contributed by atoms with Crippen molar-refractivity contribution in [3.8, 4) is 0 Å². The standard InChI is InChI=1S/C14H16N2O3/c1-11(17)7-15-9-14(19)16(10-13(15)18)8-12-5-3-2-4-6-12/h2-6H,7-10H2,1H3. The first-order chi connectivity index (χ1) is 9.06. The van der Waals surface area contributed by atoms with Crippen molar-refractivity contribution in [1.82, 2.24) is 9.80 Å². The second kappa shape index (κ2) is 5.65. The average Bonchev–Trinajstić information content (AvgIpc) is 2.36. The van der Waals surface area contributed by atoms with Crippen molar-refractivity contribution < 1.29 is 14.4 Å². The summed E-state index contributed by atoms with van der Waals surface area (Å²) in [6, 6.07) is 9.53. The molecule has 1 fully saturated rings. The highest BCUT2D eigenvalue weighted by molar-refractivity contribution is 5.94. The van der Waals surface area contributed by atoms with E-state index in [1.54, 1.807) is 0 Å². The third-order valence-corrected chi connectivity index (χ3v) is 2.99. The van der Waals surface area contributed by atoms with Crippen LogP contribution in [0.5, 0.6) is 0 Å². The first-order valence-corrected chi connectivity index (χ1v) is 6.15. The maximum absolute atomic E-state index is 12.0. The summed E-state index contributed by atoms with van der Waals surface area (Å²) in [6.07, 6.45) is 0. The summed E-state index contributed by atoms with van der Waals surface area (Å²) in [5, 5.41) is 0. The predicted octanol–water partition coefficient (Wildman–Crippen LogP) is 0.446. The van der Waals surface area contributed by atoms with Crippen molar-refractivity contribution in [3.63, 3.8) is 0 Å². The molecule has 19 heavy (non-hydrogen) atoms. The van der Waals surface area contributed by atoms with Crippen molar-refractivity contribution in [1.29, 1.82) is 0 Å². The highest BCUT2D eigenvalue weighted by Gasteiger charge is 2.30. The zero-order valence-corrected chi connectivity index (χ0v) is 10.8. The van der Waals surface area contributed by atoms with E-state index in [9.17, 15) is 14.4 Å². The molecule has 0 radical (unpaired) electrons. The largest absolute Gasteiger partial charge is 0.328 e. The Hall–Kier alpha value is -2.17. The number of benzene rings is 1. The van der Waals surface area contributed by atoms with Gasteiger partial charge in [0.15, 0.2) is 0 Å². The number of nitrogens with zero attached hydrogens (tertiary/aromatic N) is 2. The molecule has 0 saturated carbocycles. The molecule has 100 valence electrons. The first kappa shape index (κ1) is 13.3. The Morgan fingerprint density at radius 2 is 1.63 bits per heavy atom. The zero-order chi connectivity index (χ0) is 13.8. The quantitative estimate of drug-likeness (QED) is 0.789. The van der Waals surface area contributed by atoms with Gasteiger partial charge >= 0.3 is 0 Å². The lowest BCUT2D eigenvalue weighted by atomic mass is 10.2. The summed E-state index contributed by atoms with van der Waals surface area (Å²) < 4.78 is 0. The maximum atomic E-state index is 12.0. The zero-order valence-electron chi connectivity index (χ0n) is 10.8. The summed E-state index contributed by atoms with van der Waals surface area (Å²) in [5.74, 6) is -0.409. The van der Waals surface area contributed by atoms with Gasteiger partial charge in [-0.25, -0.2) is 0 Å². The van der Waals surface area contributed by atoms with E-state index in [-0.39, 0.29) is 37.2 Å². The summed E-state index contributed by atoms with van der Waals surface area (Å²) in [5.41, 5.74) is 0.990. The monoisotopic (exact) mass is 260 g/mol. The molecule has 0 unspecified atom stereocenters. The van der Waals surface area contributed by atoms with E-state index < -0.39 is 0 Å². The molecular weight excluding hydrogens is 244 g/mol. The van der Waals surface area contributed by atoms with E-state index in [0.29, 0.717) is 6.54 Å². The van der Waals surface area contributed by atoms with E-state index in [1.807, 2.05) is 30.3 Å². The van der Waals surface area contributed by atoms with Crippen LogP contribution in [0.1, 0.15) is 12.5 Å². The minimum absolute atomic E-state index is 0.00868. The molecule has 0 spiro atoms. The van der Waals surface area contributed by atoms with E-state index in [0.717, 1.165) is 5.56 Å². The van der Waals surface area contributed by atoms with Gasteiger partial charge in [-0.1, -0.05) is 30.3 Å². The van der Waals surface area contributed by atoms with Crippen LogP contribution in [0, 0.1) is 0 Å². The second-order valence-electron chi connectivity index (χ2n) is 4.69. The Kier molecular flexibility index (Phi) is 3.94. The number of hydrogen-bond acceptors (Lipinski definition) is 3. The minimum atomic E-state index is -0.175. The molecule has 1 aliphatic rings. The Labute approximate surface area is 111 Å². The molecule has 2 amide bonds. The smallest absolute Gasteiger partial charge is 0.243 e. The molecule has 1 heterocycles. The third kappa shape index (κ3) is 3.40. The molecular formula is C14H16N2O3. The van der Waals surface area contributed by atoms with Crippen LogP contribution in [0.3, 0.4) is 0 Å². The van der Waals surface area contributed by atoms with Crippen LogP contribution < -0.4 is 0 Å². The van der Waals surface area contributed by atoms with Crippen LogP contribution in [-0.2, 0) is 20.9 Å². The molecule has 1 aromatic rings. The third-order valence-electron chi connectivity index (χ3n) is 2.99. The number of amides is 2. The number of carbonyl (C=O) groups excluding carboxylic acids is 3. The number of Topliss-reactive ketones (excluding diaryl/α,β-unsaturated/α-hetero) is 1. The van der Waals surface area contributed by atoms with Crippen LogP contribution in [0.4, 0.5) is 0 Å². The lowest BCUT2D eigenvalue weighted by molar-refractivity contribution is -0.151. The lowest BCUT2D eigenvalue weighted by Gasteiger charge is -2.33. The van der Waals surface area contributed by atoms with Gasteiger partial charge in [0, 0.05) is 6.54 Å². The van der Waals surface area contributed by atoms with Gasteiger partial charge < -0.3 is 9.80 Å². The fraction of sp³-hybridized carbons (Fsp3) is 0.357. The van der Waals surface area contributed by atoms with E-state index >= 15 is 0 Å². The van der Waals surface area contributed by atoms with Gasteiger partial charge in [-0.15, -0.1) is 0 Å². The maximum Gasteiger partial charge on any atom is 0.243 e. The Balaban J connectivity index is 2.00. The van der Waals surface area contributed by atoms with Gasteiger partial charge in [-0.3, -0.25) is 14.4 Å². The lowest BCUT2D eigenvalue weighted by Crippen LogP contribution is -2.54. The highest BCUT2D eigenvalue weighted by atomic mass is 16.2. The van der Waals surface area contributed by atoms with E-state index in [2.05, 4.69) is 0 Å². The molecule has 1 saturated heterocycles. The van der Waals surface area contributed by atoms with Crippen LogP contribution in [0.25, 0.3) is 0 Å². The Bertz CT molecular complexity index is 499. The van der Waals surface area contributed by atoms with Crippen LogP contribution in [-0.4, -0.2) is 47.0 Å². The molecule has 5 heteroatoms. The summed E-state index contributed by atoms with van der Waals surface area (Å²) in [4.78, 5) is 37.7. The van der Waals surface area contributed by atoms with Gasteiger partial charge in [-0.2, -0.15) is 0 Å². The van der Waals surface area contributed by atoms with Crippen molar-refractivity contribution >= 4 is 17.6 Å². The van der Waals surface area contributed by atoms with Crippen LogP contribution >= 0.6 is 0 Å². The van der Waals surface area contributed by atoms with Crippen molar-refractivity contribution in [3.05, 3.63) is 35.9 Å². The number of piperazine rings is 1. The van der Waals surface area contributed by atoms with Crippen LogP contribution in [0.15, 0.2) is 30.3 Å². The molecule has 5 nitrogen and oxygen atoms in total. The fourth-order valence-corrected chi connectivity index (χ4v) is 2.06. The fourth-order valence-electron chi connectivity index (χ4n) is 2.06. The molecule has 0 atom stereocenters. The molecule has 1 aliphatic heterocycles. The summed E-state index contributed by atoms with van der Waals surface area (Å²) >= 11 is 0. The summed E-state index contributed by atoms with van der Waals surface area (Å²) in [7, 11) is 0. The molecule has 0 bridgehead atoms. The Morgan fingerprint density at radius 1 is 1.05 bits per heavy atom. The van der Waals surface area contributed by atoms with Gasteiger partial charge in [0.25, 0.3) is 0 Å². The summed E-state index contributed by atoms with van der Waals surface area (Å²) in [6.45, 7) is 1.89. The van der Waals surface area contributed by atoms with Gasteiger partial charge in [-0.05, 0) is 12.5 Å². The molecule has 0 N–H and O–H groups in total. The van der Waals surface area contributed by atoms with Crippen LogP contribution in [0.2, 0.25) is 0 Å². The van der Waals surface area contributed by atoms with Gasteiger partial charge in [0.1, 0.15) is 18.9 Å². The Morgan fingerprint density at radius 3 is 2.26 bits per heavy atom. The predicted molar refractivity (Wildman–Crippen MR) is 69.1 cm³/mol. The molecule has 0 aromatic heterocycles. The molecule has 0 aliphatic carbocycles. The van der Waals surface area contributed by atoms with Crippen molar-refractivity contribution in [2.45, 2.75) is 13.5 Å². The van der Waals surface area contributed by atoms with Crippen molar-refractivity contribution in [2.75, 3.05) is 19.6 Å². The number of rotatable bonds is 4. The van der Waals surface area contributed by atoms with E-state index in [1.165, 1.54) is 16.7 Å². The van der Waals surface area contributed by atoms with Gasteiger partial charge in [0.2, 0.25) is 11.8 Å². The molecule has 2 rings (SSSR count). The van der Waals surface area contributed by atoms with E-state index in [4.69, 9.17) is 0 Å². The number of hydrogen-bond donors (Lipinski definition) is 0. The average molecular weight is 260 g/mol. The van der Waals surface area contributed by atoms with Crippen molar-refractivity contribution in [2.24, 2.45) is 0 Å².